The molecule has 7 nitrogen and oxygen atoms in total. The smallest absolute Gasteiger partial charge is 0.142 e. The van der Waals surface area contributed by atoms with Crippen molar-refractivity contribution in [2.24, 2.45) is 65.1 Å². The Morgan fingerprint density at radius 3 is 1.01 bits per heavy atom. The highest BCUT2D eigenvalue weighted by molar-refractivity contribution is 5.59. The van der Waals surface area contributed by atoms with Crippen molar-refractivity contribution >= 4 is 5.69 Å². The van der Waals surface area contributed by atoms with Gasteiger partial charge in [0.15, 0.2) is 0 Å². The van der Waals surface area contributed by atoms with E-state index in [4.69, 9.17) is 4.74 Å². The molecule has 7 fully saturated rings. The monoisotopic (exact) mass is 1150 g/mol. The van der Waals surface area contributed by atoms with E-state index in [2.05, 4.69) is 153 Å². The first kappa shape index (κ1) is 78.6. The van der Waals surface area contributed by atoms with Crippen LogP contribution in [0.4, 0.5) is 5.69 Å². The van der Waals surface area contributed by atoms with Crippen LogP contribution in [0.1, 0.15) is 272 Å². The van der Waals surface area contributed by atoms with Gasteiger partial charge < -0.3 is 34.6 Å². The summed E-state index contributed by atoms with van der Waals surface area (Å²) in [5.41, 5.74) is 1.24. The number of fused-ring (bicyclic) bond motifs is 1. The van der Waals surface area contributed by atoms with Gasteiger partial charge in [0.2, 0.25) is 0 Å². The van der Waals surface area contributed by atoms with Crippen molar-refractivity contribution in [2.75, 3.05) is 116 Å². The van der Waals surface area contributed by atoms with E-state index in [1.54, 1.807) is 0 Å². The minimum Gasteiger partial charge on any atom is -0.490 e. The first-order valence-electron chi connectivity index (χ1n) is 35.9. The zero-order valence-corrected chi connectivity index (χ0v) is 57.8. The molecule has 486 valence electrons. The van der Waals surface area contributed by atoms with Crippen LogP contribution < -0.4 is 15.0 Å². The van der Waals surface area contributed by atoms with E-state index in [1.807, 2.05) is 12.1 Å². The first-order chi connectivity index (χ1) is 38.8. The van der Waals surface area contributed by atoms with Crippen LogP contribution >= 0.6 is 0 Å². The van der Waals surface area contributed by atoms with E-state index in [0.29, 0.717) is 5.92 Å². The van der Waals surface area contributed by atoms with Gasteiger partial charge in [-0.1, -0.05) is 207 Å². The SMILES string of the molecule is C.CC(C)C1CCNCC1.CC(C)CC1CCCC1.CC(C)CC1CCCCC1.CC(C)CN1CCCC1.CC(C)CN1CCCCC1.CC(C)CN1CCCCC1.CC(C)CN1CCCCC1.CC(C)CN1CCOc2ccccc21. The fraction of sp³-hybridized carbons (Fsp3) is 0.920. The van der Waals surface area contributed by atoms with E-state index in [9.17, 15) is 0 Å². The molecule has 5 saturated heterocycles. The second-order valence-electron chi connectivity index (χ2n) is 30.1. The Hall–Kier alpha value is -1.38. The van der Waals surface area contributed by atoms with Crippen LogP contribution in [0.5, 0.6) is 5.75 Å². The number of hydrogen-bond acceptors (Lipinski definition) is 7. The van der Waals surface area contributed by atoms with E-state index in [0.717, 1.165) is 84.6 Å². The summed E-state index contributed by atoms with van der Waals surface area (Å²) in [6, 6.07) is 8.28. The molecule has 1 aromatic rings. The number of benzene rings is 1. The van der Waals surface area contributed by atoms with E-state index in [-0.39, 0.29) is 7.43 Å². The normalized spacial score (nSPS) is 20.6. The average Bonchev–Trinajstić information content (AvgIpc) is 4.25. The summed E-state index contributed by atoms with van der Waals surface area (Å²) >= 11 is 0. The van der Waals surface area contributed by atoms with Crippen molar-refractivity contribution in [3.8, 4) is 5.75 Å². The van der Waals surface area contributed by atoms with Crippen molar-refractivity contribution in [1.29, 1.82) is 0 Å². The van der Waals surface area contributed by atoms with Crippen LogP contribution in [0.3, 0.4) is 0 Å². The summed E-state index contributed by atoms with van der Waals surface area (Å²) in [6.45, 7) is 58.3. The Morgan fingerprint density at radius 2 is 0.695 bits per heavy atom. The van der Waals surface area contributed by atoms with Crippen molar-refractivity contribution in [1.82, 2.24) is 24.9 Å². The lowest BCUT2D eigenvalue weighted by molar-refractivity contribution is 0.206. The first-order valence-corrected chi connectivity index (χ1v) is 35.9. The number of piperidine rings is 4. The van der Waals surface area contributed by atoms with Crippen LogP contribution in [0.15, 0.2) is 24.3 Å². The third kappa shape index (κ3) is 42.5. The molecular weight excluding hydrogens is 1000 g/mol. The minimum absolute atomic E-state index is 0. The number of hydrogen-bond donors (Lipinski definition) is 1. The van der Waals surface area contributed by atoms with Crippen LogP contribution in [0, 0.1) is 65.1 Å². The summed E-state index contributed by atoms with van der Waals surface area (Å²) in [7, 11) is 0. The Labute approximate surface area is 516 Å². The Kier molecular flexibility index (Phi) is 47.6. The topological polar surface area (TPSA) is 37.5 Å². The lowest BCUT2D eigenvalue weighted by Crippen LogP contribution is -2.35. The van der Waals surface area contributed by atoms with E-state index >= 15 is 0 Å². The third-order valence-corrected chi connectivity index (χ3v) is 17.6. The fourth-order valence-corrected chi connectivity index (χ4v) is 13.8. The molecule has 0 unspecified atom stereocenters. The fourth-order valence-electron chi connectivity index (χ4n) is 13.8. The summed E-state index contributed by atoms with van der Waals surface area (Å²) < 4.78 is 5.59. The van der Waals surface area contributed by atoms with Crippen molar-refractivity contribution in [3.63, 3.8) is 0 Å². The van der Waals surface area contributed by atoms with E-state index in [1.165, 1.54) is 251 Å². The molecule has 0 bridgehead atoms. The maximum Gasteiger partial charge on any atom is 0.142 e. The lowest BCUT2D eigenvalue weighted by atomic mass is 9.84. The van der Waals surface area contributed by atoms with Crippen LogP contribution in [-0.2, 0) is 0 Å². The van der Waals surface area contributed by atoms with Gasteiger partial charge >= 0.3 is 0 Å². The molecule has 1 aromatic carbocycles. The molecule has 7 heteroatoms. The second-order valence-corrected chi connectivity index (χ2v) is 30.1. The second kappa shape index (κ2) is 49.6. The number of nitrogens with zero attached hydrogens (tertiary/aromatic N) is 5. The van der Waals surface area contributed by atoms with Gasteiger partial charge in [-0.15, -0.1) is 0 Å². The van der Waals surface area contributed by atoms with Gasteiger partial charge in [-0.25, -0.2) is 0 Å². The molecule has 2 saturated carbocycles. The van der Waals surface area contributed by atoms with Crippen molar-refractivity contribution < 1.29 is 4.74 Å². The van der Waals surface area contributed by atoms with Crippen LogP contribution in [0.25, 0.3) is 0 Å². The largest absolute Gasteiger partial charge is 0.490 e. The minimum atomic E-state index is 0. The quantitative estimate of drug-likeness (QED) is 0.188. The molecule has 0 aromatic heterocycles. The number of rotatable bonds is 15. The van der Waals surface area contributed by atoms with Gasteiger partial charge in [-0.05, 0) is 220 Å². The zero-order chi connectivity index (χ0) is 59.6. The molecule has 82 heavy (non-hydrogen) atoms. The number of likely N-dealkylation sites (tertiary alicyclic amines) is 4. The zero-order valence-electron chi connectivity index (χ0n) is 57.8. The Balaban J connectivity index is 0.000000470. The Bertz CT molecular complexity index is 1380. The Morgan fingerprint density at radius 1 is 0.378 bits per heavy atom. The van der Waals surface area contributed by atoms with E-state index < -0.39 is 0 Å². The molecule has 6 aliphatic heterocycles. The maximum absolute atomic E-state index is 5.59. The number of anilines is 1. The molecule has 9 rings (SSSR count). The van der Waals surface area contributed by atoms with Gasteiger partial charge in [0.25, 0.3) is 0 Å². The predicted molar refractivity (Wildman–Crippen MR) is 369 cm³/mol. The van der Waals surface area contributed by atoms with Gasteiger partial charge in [0.1, 0.15) is 12.4 Å². The highest BCUT2D eigenvalue weighted by Crippen LogP contribution is 2.32. The summed E-state index contributed by atoms with van der Waals surface area (Å²) in [5.74, 6) is 11.0. The predicted octanol–water partition coefficient (Wildman–Crippen LogP) is 19.8. The molecule has 0 radical (unpaired) electrons. The molecule has 0 spiro atoms. The standard InChI is InChI=1S/C12H17NO.C10H20.3C9H19N.C9H18.2C8H17N.CH4/c1-10(2)9-13-7-8-14-12-6-4-3-5-11(12)13;4*1-9(2)8-10-6-4-3-5-7-10;1-8(2)7-9-5-3-4-6-9;1-7(2)8-3-5-9-6-4-8;1-8(2)7-9-5-3-4-6-9;/h3-6,10H,7-9H2,1-2H3;9-10H,3-8H2,1-2H3;3*9H,3-8H2,1-2H3;8-9H,3-7H2,1-2H3;7-9H,3-6H2,1-2H3;8H,3-7H2,1-2H3;1H4. The summed E-state index contributed by atoms with van der Waals surface area (Å²) in [4.78, 5) is 12.7. The summed E-state index contributed by atoms with van der Waals surface area (Å²) in [5, 5.41) is 3.37. The molecule has 8 aliphatic rings. The van der Waals surface area contributed by atoms with Gasteiger partial charge in [0, 0.05) is 32.7 Å². The molecule has 2 aliphatic carbocycles. The van der Waals surface area contributed by atoms with Crippen molar-refractivity contribution in [3.05, 3.63) is 24.3 Å². The molecular formula is C75H150N6O. The molecule has 0 amide bonds. The number of nitrogens with one attached hydrogen (secondary N) is 1. The highest BCUT2D eigenvalue weighted by Gasteiger charge is 2.20. The molecule has 6 heterocycles. The lowest BCUT2D eigenvalue weighted by Gasteiger charge is -2.32. The number of para-hydroxylation sites is 2. The van der Waals surface area contributed by atoms with Crippen LogP contribution in [0.2, 0.25) is 0 Å². The van der Waals surface area contributed by atoms with Gasteiger partial charge in [-0.3, -0.25) is 0 Å². The van der Waals surface area contributed by atoms with Crippen LogP contribution in [-0.4, -0.2) is 131 Å². The van der Waals surface area contributed by atoms with Crippen molar-refractivity contribution in [2.45, 2.75) is 272 Å². The molecule has 1 N–H and O–H groups in total. The molecule has 0 atom stereocenters. The average molecular weight is 1150 g/mol. The summed E-state index contributed by atoms with van der Waals surface area (Å²) in [6.07, 6.45) is 35.0. The van der Waals surface area contributed by atoms with Gasteiger partial charge in [0.05, 0.1) is 12.2 Å². The highest BCUT2D eigenvalue weighted by atomic mass is 16.5. The number of ether oxygens (including phenoxy) is 1. The maximum atomic E-state index is 5.59. The van der Waals surface area contributed by atoms with Gasteiger partial charge in [-0.2, -0.15) is 0 Å². The third-order valence-electron chi connectivity index (χ3n) is 17.6.